The molecule has 2 atom stereocenters. The Morgan fingerprint density at radius 1 is 1.26 bits per heavy atom. The van der Waals surface area contributed by atoms with E-state index in [0.717, 1.165) is 18.7 Å². The van der Waals surface area contributed by atoms with Crippen LogP contribution in [-0.4, -0.2) is 31.1 Å². The van der Waals surface area contributed by atoms with E-state index in [4.69, 9.17) is 10.5 Å². The highest BCUT2D eigenvalue weighted by Crippen LogP contribution is 2.26. The molecule has 2 unspecified atom stereocenters. The monoisotopic (exact) mass is 262 g/mol. The Morgan fingerprint density at radius 2 is 2.00 bits per heavy atom. The number of hydrogen-bond acceptors (Lipinski definition) is 3. The molecule has 0 aliphatic heterocycles. The van der Waals surface area contributed by atoms with Crippen molar-refractivity contribution in [3.8, 4) is 5.75 Å². The first-order chi connectivity index (χ1) is 9.02. The number of aryl methyl sites for hydroxylation is 2. The Kier molecular flexibility index (Phi) is 4.48. The zero-order valence-electron chi connectivity index (χ0n) is 12.6. The van der Waals surface area contributed by atoms with E-state index in [0.29, 0.717) is 12.1 Å². The van der Waals surface area contributed by atoms with Crippen LogP contribution in [0.4, 0.5) is 0 Å². The molecule has 1 fully saturated rings. The first-order valence-corrected chi connectivity index (χ1v) is 7.13. The maximum atomic E-state index is 6.19. The summed E-state index contributed by atoms with van der Waals surface area (Å²) in [6.45, 7) is 5.22. The Bertz CT molecular complexity index is 445. The van der Waals surface area contributed by atoms with Gasteiger partial charge in [0.25, 0.3) is 0 Å². The van der Waals surface area contributed by atoms with E-state index >= 15 is 0 Å². The third-order valence-electron chi connectivity index (χ3n) is 4.37. The van der Waals surface area contributed by atoms with Crippen molar-refractivity contribution in [1.82, 2.24) is 4.90 Å². The molecule has 0 amide bonds. The first kappa shape index (κ1) is 14.4. The van der Waals surface area contributed by atoms with Crippen LogP contribution in [0.3, 0.4) is 0 Å². The third-order valence-corrected chi connectivity index (χ3v) is 4.37. The summed E-state index contributed by atoms with van der Waals surface area (Å²) < 4.78 is 5.37. The zero-order chi connectivity index (χ0) is 14.0. The molecule has 0 saturated heterocycles. The Morgan fingerprint density at radius 3 is 2.58 bits per heavy atom. The fourth-order valence-corrected chi connectivity index (χ4v) is 3.14. The molecule has 3 nitrogen and oxygen atoms in total. The van der Waals surface area contributed by atoms with Crippen molar-refractivity contribution in [2.45, 2.75) is 51.7 Å². The molecular formula is C16H26N2O. The average Bonchev–Trinajstić information content (AvgIpc) is 2.79. The standard InChI is InChI=1S/C16H26N2O/c1-11-9-16(19-4)12(2)8-13(11)10-18(3)15-7-5-6-14(15)17/h8-9,14-15H,5-7,10,17H2,1-4H3. The number of methoxy groups -OCH3 is 1. The summed E-state index contributed by atoms with van der Waals surface area (Å²) in [6, 6.07) is 5.24. The molecular weight excluding hydrogens is 236 g/mol. The van der Waals surface area contributed by atoms with Crippen LogP contribution in [0.1, 0.15) is 36.0 Å². The number of nitrogens with zero attached hydrogens (tertiary/aromatic N) is 1. The molecule has 0 aromatic heterocycles. The second-order valence-electron chi connectivity index (χ2n) is 5.83. The molecule has 0 bridgehead atoms. The highest BCUT2D eigenvalue weighted by Gasteiger charge is 2.27. The van der Waals surface area contributed by atoms with E-state index in [1.807, 2.05) is 0 Å². The van der Waals surface area contributed by atoms with E-state index in [9.17, 15) is 0 Å². The first-order valence-electron chi connectivity index (χ1n) is 7.13. The van der Waals surface area contributed by atoms with E-state index in [1.165, 1.54) is 29.5 Å². The van der Waals surface area contributed by atoms with Crippen molar-refractivity contribution in [3.05, 3.63) is 28.8 Å². The lowest BCUT2D eigenvalue weighted by Crippen LogP contribution is -2.41. The van der Waals surface area contributed by atoms with E-state index in [2.05, 4.69) is 37.9 Å². The predicted molar refractivity (Wildman–Crippen MR) is 79.5 cm³/mol. The summed E-state index contributed by atoms with van der Waals surface area (Å²) in [5, 5.41) is 0. The molecule has 1 aliphatic rings. The summed E-state index contributed by atoms with van der Waals surface area (Å²) in [5.41, 5.74) is 10.1. The van der Waals surface area contributed by atoms with Crippen molar-refractivity contribution in [3.63, 3.8) is 0 Å². The van der Waals surface area contributed by atoms with Crippen LogP contribution >= 0.6 is 0 Å². The minimum absolute atomic E-state index is 0.338. The second kappa shape index (κ2) is 5.93. The summed E-state index contributed by atoms with van der Waals surface area (Å²) >= 11 is 0. The molecule has 0 spiro atoms. The van der Waals surface area contributed by atoms with Gasteiger partial charge in [0, 0.05) is 18.6 Å². The molecule has 0 radical (unpaired) electrons. The van der Waals surface area contributed by atoms with Crippen molar-refractivity contribution in [1.29, 1.82) is 0 Å². The lowest BCUT2D eigenvalue weighted by molar-refractivity contribution is 0.220. The summed E-state index contributed by atoms with van der Waals surface area (Å²) in [6.07, 6.45) is 3.65. The molecule has 1 saturated carbocycles. The molecule has 1 aromatic rings. The highest BCUT2D eigenvalue weighted by molar-refractivity contribution is 5.41. The Hall–Kier alpha value is -1.06. The second-order valence-corrected chi connectivity index (χ2v) is 5.83. The smallest absolute Gasteiger partial charge is 0.122 e. The predicted octanol–water partition coefficient (Wildman–Crippen LogP) is 2.62. The van der Waals surface area contributed by atoms with Gasteiger partial charge in [-0.15, -0.1) is 0 Å². The molecule has 1 aliphatic carbocycles. The number of ether oxygens (including phenoxy) is 1. The van der Waals surface area contributed by atoms with E-state index < -0.39 is 0 Å². The Balaban J connectivity index is 2.12. The third kappa shape index (κ3) is 3.10. The van der Waals surface area contributed by atoms with Crippen LogP contribution < -0.4 is 10.5 Å². The van der Waals surface area contributed by atoms with Gasteiger partial charge >= 0.3 is 0 Å². The molecule has 19 heavy (non-hydrogen) atoms. The SMILES string of the molecule is COc1cc(C)c(CN(C)C2CCCC2N)cc1C. The van der Waals surface area contributed by atoms with Gasteiger partial charge in [0.15, 0.2) is 0 Å². The van der Waals surface area contributed by atoms with E-state index in [1.54, 1.807) is 7.11 Å². The summed E-state index contributed by atoms with van der Waals surface area (Å²) in [4.78, 5) is 2.41. The fourth-order valence-electron chi connectivity index (χ4n) is 3.14. The number of rotatable bonds is 4. The van der Waals surface area contributed by atoms with Gasteiger partial charge in [-0.2, -0.15) is 0 Å². The maximum absolute atomic E-state index is 6.19. The van der Waals surface area contributed by atoms with Crippen molar-refractivity contribution in [2.24, 2.45) is 5.73 Å². The van der Waals surface area contributed by atoms with Crippen LogP contribution in [0.15, 0.2) is 12.1 Å². The van der Waals surface area contributed by atoms with Crippen LogP contribution in [0.2, 0.25) is 0 Å². The maximum Gasteiger partial charge on any atom is 0.122 e. The molecule has 3 heteroatoms. The van der Waals surface area contributed by atoms with Crippen LogP contribution in [0.5, 0.6) is 5.75 Å². The van der Waals surface area contributed by atoms with Gasteiger partial charge in [-0.3, -0.25) is 4.90 Å². The van der Waals surface area contributed by atoms with Crippen molar-refractivity contribution in [2.75, 3.05) is 14.2 Å². The summed E-state index contributed by atoms with van der Waals surface area (Å²) in [7, 11) is 3.92. The molecule has 2 N–H and O–H groups in total. The van der Waals surface area contributed by atoms with Crippen LogP contribution in [0.25, 0.3) is 0 Å². The van der Waals surface area contributed by atoms with Crippen molar-refractivity contribution >= 4 is 0 Å². The van der Waals surface area contributed by atoms with Gasteiger partial charge in [-0.25, -0.2) is 0 Å². The average molecular weight is 262 g/mol. The van der Waals surface area contributed by atoms with Gasteiger partial charge in [0.2, 0.25) is 0 Å². The highest BCUT2D eigenvalue weighted by atomic mass is 16.5. The van der Waals surface area contributed by atoms with Crippen LogP contribution in [0, 0.1) is 13.8 Å². The van der Waals surface area contributed by atoms with Gasteiger partial charge in [0.1, 0.15) is 5.75 Å². The minimum atomic E-state index is 0.338. The van der Waals surface area contributed by atoms with Gasteiger partial charge in [-0.1, -0.05) is 12.5 Å². The van der Waals surface area contributed by atoms with Crippen molar-refractivity contribution < 1.29 is 4.74 Å². The quantitative estimate of drug-likeness (QED) is 0.906. The van der Waals surface area contributed by atoms with Gasteiger partial charge in [-0.05, 0) is 56.5 Å². The van der Waals surface area contributed by atoms with Gasteiger partial charge in [0.05, 0.1) is 7.11 Å². The van der Waals surface area contributed by atoms with Crippen LogP contribution in [-0.2, 0) is 6.54 Å². The molecule has 106 valence electrons. The number of benzene rings is 1. The topological polar surface area (TPSA) is 38.5 Å². The van der Waals surface area contributed by atoms with E-state index in [-0.39, 0.29) is 0 Å². The molecule has 2 rings (SSSR count). The Labute approximate surface area is 116 Å². The number of nitrogens with two attached hydrogens (primary N) is 1. The zero-order valence-corrected chi connectivity index (χ0v) is 12.6. The lowest BCUT2D eigenvalue weighted by atomic mass is 10.0. The fraction of sp³-hybridized carbons (Fsp3) is 0.625. The minimum Gasteiger partial charge on any atom is -0.496 e. The number of hydrogen-bond donors (Lipinski definition) is 1. The normalized spacial score (nSPS) is 23.1. The molecule has 1 aromatic carbocycles. The lowest BCUT2D eigenvalue weighted by Gasteiger charge is -2.28. The largest absolute Gasteiger partial charge is 0.496 e. The summed E-state index contributed by atoms with van der Waals surface area (Å²) in [5.74, 6) is 0.974. The van der Waals surface area contributed by atoms with Gasteiger partial charge < -0.3 is 10.5 Å². The molecule has 0 heterocycles. The number of likely N-dealkylation sites (N-methyl/N-ethyl adjacent to an activating group) is 1.